The lowest BCUT2D eigenvalue weighted by atomic mass is 10.3. The van der Waals surface area contributed by atoms with Gasteiger partial charge in [0.25, 0.3) is 0 Å². The Labute approximate surface area is 174 Å². The van der Waals surface area contributed by atoms with Crippen LogP contribution in [-0.4, -0.2) is 45.6 Å². The van der Waals surface area contributed by atoms with Crippen LogP contribution >= 0.6 is 23.4 Å². The number of carbonyl (C=O) groups excluding carboxylic acids is 2. The molecule has 6 nitrogen and oxygen atoms in total. The Morgan fingerprint density at radius 2 is 1.90 bits per heavy atom. The van der Waals surface area contributed by atoms with Crippen LogP contribution in [0.15, 0.2) is 53.7 Å². The first kappa shape index (κ1) is 21.1. The molecule has 0 spiro atoms. The number of para-hydroxylation sites is 3. The van der Waals surface area contributed by atoms with Crippen LogP contribution in [0.1, 0.15) is 6.55 Å². The van der Waals surface area contributed by atoms with Crippen LogP contribution < -0.4 is 5.32 Å². The predicted octanol–water partition coefficient (Wildman–Crippen LogP) is 4.27. The van der Waals surface area contributed by atoms with Crippen molar-refractivity contribution in [3.8, 4) is 0 Å². The van der Waals surface area contributed by atoms with Gasteiger partial charge >= 0.3 is 6.55 Å². The second-order valence-corrected chi connectivity index (χ2v) is 7.45. The van der Waals surface area contributed by atoms with Crippen LogP contribution in [0.2, 0.25) is 5.02 Å². The zero-order valence-corrected chi connectivity index (χ0v) is 16.9. The number of aromatic nitrogens is 2. The smallest absolute Gasteiger partial charge is 0.321 e. The maximum atomic E-state index is 13.4. The Balaban J connectivity index is 1.60. The highest BCUT2D eigenvalue weighted by molar-refractivity contribution is 7.99. The highest BCUT2D eigenvalue weighted by Crippen LogP contribution is 2.29. The first-order chi connectivity index (χ1) is 13.9. The van der Waals surface area contributed by atoms with E-state index in [0.717, 1.165) is 16.3 Å². The molecule has 3 aromatic rings. The van der Waals surface area contributed by atoms with Gasteiger partial charge < -0.3 is 10.2 Å². The normalized spacial score (nSPS) is 11.1. The molecule has 1 N–H and O–H groups in total. The lowest BCUT2D eigenvalue weighted by Crippen LogP contribution is -2.36. The van der Waals surface area contributed by atoms with E-state index >= 15 is 0 Å². The number of fused-ring (bicyclic) bond motifs is 1. The minimum atomic E-state index is -2.78. The summed E-state index contributed by atoms with van der Waals surface area (Å²) in [6.45, 7) is -2.98. The largest absolute Gasteiger partial charge is 0.336 e. The van der Waals surface area contributed by atoms with Gasteiger partial charge in [-0.15, -0.1) is 0 Å². The van der Waals surface area contributed by atoms with E-state index in [1.54, 1.807) is 48.5 Å². The van der Waals surface area contributed by atoms with E-state index in [4.69, 9.17) is 11.6 Å². The van der Waals surface area contributed by atoms with E-state index in [1.165, 1.54) is 11.9 Å². The number of hydrogen-bond acceptors (Lipinski definition) is 4. The molecule has 0 unspecified atom stereocenters. The van der Waals surface area contributed by atoms with Crippen molar-refractivity contribution in [2.45, 2.75) is 11.7 Å². The molecule has 0 bridgehead atoms. The summed E-state index contributed by atoms with van der Waals surface area (Å²) in [5.74, 6) is -0.942. The third kappa shape index (κ3) is 5.04. The predicted molar refractivity (Wildman–Crippen MR) is 109 cm³/mol. The van der Waals surface area contributed by atoms with Crippen LogP contribution in [0.4, 0.5) is 14.5 Å². The molecule has 0 fully saturated rings. The topological polar surface area (TPSA) is 67.2 Å². The number of nitrogens with zero attached hydrogens (tertiary/aromatic N) is 3. The second-order valence-electron chi connectivity index (χ2n) is 6.10. The molecule has 0 aliphatic rings. The highest BCUT2D eigenvalue weighted by Gasteiger charge is 2.20. The number of alkyl halides is 2. The minimum absolute atomic E-state index is 0.0449. The van der Waals surface area contributed by atoms with Crippen molar-refractivity contribution in [3.05, 3.63) is 53.6 Å². The quantitative estimate of drug-likeness (QED) is 0.559. The number of carbonyl (C=O) groups is 2. The maximum absolute atomic E-state index is 13.4. The summed E-state index contributed by atoms with van der Waals surface area (Å²) >= 11 is 6.89. The molecule has 2 amide bonds. The van der Waals surface area contributed by atoms with Gasteiger partial charge in [0.1, 0.15) is 0 Å². The average Bonchev–Trinajstić information content (AvgIpc) is 3.06. The maximum Gasteiger partial charge on any atom is 0.321 e. The Morgan fingerprint density at radius 3 is 2.62 bits per heavy atom. The van der Waals surface area contributed by atoms with Crippen LogP contribution in [0.3, 0.4) is 0 Å². The monoisotopic (exact) mass is 438 g/mol. The van der Waals surface area contributed by atoms with Gasteiger partial charge in [0.05, 0.1) is 34.0 Å². The fourth-order valence-corrected chi connectivity index (χ4v) is 3.74. The van der Waals surface area contributed by atoms with Gasteiger partial charge in [0, 0.05) is 7.05 Å². The van der Waals surface area contributed by atoms with Crippen molar-refractivity contribution >= 4 is 51.9 Å². The third-order valence-electron chi connectivity index (χ3n) is 4.04. The van der Waals surface area contributed by atoms with Crippen LogP contribution in [-0.2, 0) is 9.59 Å². The molecule has 29 heavy (non-hydrogen) atoms. The molecule has 0 aliphatic heterocycles. The SMILES string of the molecule is CN(CC(=O)Nc1ccccc1Cl)C(=O)CSc1nc2ccccc2n1C(F)F. The third-order valence-corrected chi connectivity index (χ3v) is 5.30. The van der Waals surface area contributed by atoms with E-state index in [1.807, 2.05) is 0 Å². The van der Waals surface area contributed by atoms with Crippen molar-refractivity contribution in [2.75, 3.05) is 24.7 Å². The summed E-state index contributed by atoms with van der Waals surface area (Å²) in [4.78, 5) is 29.9. The van der Waals surface area contributed by atoms with Crippen molar-refractivity contribution in [1.82, 2.24) is 14.5 Å². The Morgan fingerprint density at radius 1 is 1.21 bits per heavy atom. The molecule has 0 saturated heterocycles. The molecular weight excluding hydrogens is 422 g/mol. The van der Waals surface area contributed by atoms with Crippen LogP contribution in [0.25, 0.3) is 11.0 Å². The standard InChI is InChI=1S/C19H17ClF2N4O2S/c1-25(10-16(27)23-13-7-3-2-6-12(13)20)17(28)11-29-19-24-14-8-4-5-9-15(14)26(19)18(21)22/h2-9,18H,10-11H2,1H3,(H,23,27). The molecule has 2 aromatic carbocycles. The number of thioether (sulfide) groups is 1. The van der Waals surface area contributed by atoms with Crippen molar-refractivity contribution in [1.29, 1.82) is 0 Å². The van der Waals surface area contributed by atoms with Crippen molar-refractivity contribution < 1.29 is 18.4 Å². The number of benzene rings is 2. The fraction of sp³-hybridized carbons (Fsp3) is 0.211. The number of halogens is 3. The number of nitrogens with one attached hydrogen (secondary N) is 1. The molecule has 152 valence electrons. The number of likely N-dealkylation sites (N-methyl/N-ethyl adjacent to an activating group) is 1. The molecule has 0 radical (unpaired) electrons. The summed E-state index contributed by atoms with van der Waals surface area (Å²) in [5, 5.41) is 3.05. The number of rotatable bonds is 7. The van der Waals surface area contributed by atoms with Gasteiger partial charge in [-0.3, -0.25) is 14.2 Å². The highest BCUT2D eigenvalue weighted by atomic mass is 35.5. The van der Waals surface area contributed by atoms with E-state index in [9.17, 15) is 18.4 Å². The summed E-state index contributed by atoms with van der Waals surface area (Å²) in [5.41, 5.74) is 1.17. The summed E-state index contributed by atoms with van der Waals surface area (Å²) in [6.07, 6.45) is 0. The Kier molecular flexibility index (Phi) is 6.71. The molecule has 1 heterocycles. The number of amides is 2. The summed E-state index contributed by atoms with van der Waals surface area (Å²) in [7, 11) is 1.46. The van der Waals surface area contributed by atoms with E-state index in [-0.39, 0.29) is 17.5 Å². The number of imidazole rings is 1. The number of anilines is 1. The van der Waals surface area contributed by atoms with Gasteiger partial charge in [-0.2, -0.15) is 8.78 Å². The molecule has 0 saturated carbocycles. The zero-order valence-electron chi connectivity index (χ0n) is 15.3. The molecular formula is C19H17ClF2N4O2S. The Bertz CT molecular complexity index is 1040. The fourth-order valence-electron chi connectivity index (χ4n) is 2.61. The molecule has 10 heteroatoms. The van der Waals surface area contributed by atoms with Crippen molar-refractivity contribution in [2.24, 2.45) is 0 Å². The van der Waals surface area contributed by atoms with Gasteiger partial charge in [-0.25, -0.2) is 4.98 Å². The van der Waals surface area contributed by atoms with Gasteiger partial charge in [-0.1, -0.05) is 47.6 Å². The minimum Gasteiger partial charge on any atom is -0.336 e. The Hall–Kier alpha value is -2.65. The van der Waals surface area contributed by atoms with Crippen LogP contribution in [0, 0.1) is 0 Å². The zero-order chi connectivity index (χ0) is 21.0. The van der Waals surface area contributed by atoms with Gasteiger partial charge in [0.15, 0.2) is 5.16 Å². The van der Waals surface area contributed by atoms with Crippen LogP contribution in [0.5, 0.6) is 0 Å². The van der Waals surface area contributed by atoms with E-state index in [2.05, 4.69) is 10.3 Å². The molecule has 1 aromatic heterocycles. The molecule has 0 aliphatic carbocycles. The lowest BCUT2D eigenvalue weighted by Gasteiger charge is -2.17. The average molecular weight is 439 g/mol. The van der Waals surface area contributed by atoms with Crippen molar-refractivity contribution in [3.63, 3.8) is 0 Å². The lowest BCUT2D eigenvalue weighted by molar-refractivity contribution is -0.131. The van der Waals surface area contributed by atoms with Gasteiger partial charge in [-0.05, 0) is 24.3 Å². The second kappa shape index (κ2) is 9.23. The summed E-state index contributed by atoms with van der Waals surface area (Å²) < 4.78 is 27.7. The summed E-state index contributed by atoms with van der Waals surface area (Å²) in [6, 6.07) is 13.3. The first-order valence-electron chi connectivity index (χ1n) is 8.53. The number of hydrogen-bond donors (Lipinski definition) is 1. The molecule has 3 rings (SSSR count). The van der Waals surface area contributed by atoms with E-state index < -0.39 is 18.4 Å². The van der Waals surface area contributed by atoms with Gasteiger partial charge in [0.2, 0.25) is 11.8 Å². The van der Waals surface area contributed by atoms with E-state index in [0.29, 0.717) is 21.7 Å². The first-order valence-corrected chi connectivity index (χ1v) is 9.89. The molecule has 0 atom stereocenters.